The molecule has 0 spiro atoms. The fraction of sp³-hybridized carbons (Fsp3) is 0.600. The van der Waals surface area contributed by atoms with E-state index >= 15 is 0 Å². The fourth-order valence-corrected chi connectivity index (χ4v) is 1.91. The number of carbonyl (C=O) groups excluding carboxylic acids is 2. The molecule has 1 fully saturated rings. The van der Waals surface area contributed by atoms with Crippen molar-refractivity contribution in [3.05, 3.63) is 12.2 Å². The second-order valence-electron chi connectivity index (χ2n) is 4.19. The van der Waals surface area contributed by atoms with Crippen LogP contribution in [0.2, 0.25) is 5.82 Å². The Morgan fingerprint density at radius 2 is 1.94 bits per heavy atom. The molecule has 0 saturated carbocycles. The van der Waals surface area contributed by atoms with E-state index in [-0.39, 0.29) is 30.8 Å². The molecule has 0 bridgehead atoms. The van der Waals surface area contributed by atoms with E-state index in [0.29, 0.717) is 0 Å². The van der Waals surface area contributed by atoms with Crippen LogP contribution in [0.1, 0.15) is 12.8 Å². The van der Waals surface area contributed by atoms with Crippen LogP contribution in [0.3, 0.4) is 0 Å². The van der Waals surface area contributed by atoms with Crippen molar-refractivity contribution in [3.63, 3.8) is 0 Å². The molecule has 1 unspecified atom stereocenters. The zero-order valence-corrected chi connectivity index (χ0v) is 9.22. The van der Waals surface area contributed by atoms with Gasteiger partial charge in [0.15, 0.2) is 0 Å². The highest BCUT2D eigenvalue weighted by atomic mass is 16.6. The lowest BCUT2D eigenvalue weighted by molar-refractivity contribution is -0.145. The maximum atomic E-state index is 11.4. The summed E-state index contributed by atoms with van der Waals surface area (Å²) in [5.74, 6) is -0.683. The lowest BCUT2D eigenvalue weighted by Crippen LogP contribution is -2.43. The maximum absolute atomic E-state index is 11.4. The Balaban J connectivity index is 2.03. The second-order valence-corrected chi connectivity index (χ2v) is 4.19. The Morgan fingerprint density at radius 3 is 2.44 bits per heavy atom. The summed E-state index contributed by atoms with van der Waals surface area (Å²) in [6.07, 6.45) is 5.75. The van der Waals surface area contributed by atoms with Gasteiger partial charge in [0.25, 0.3) is 0 Å². The average Bonchev–Trinajstić information content (AvgIpc) is 2.66. The predicted octanol–water partition coefficient (Wildman–Crippen LogP) is 0.227. The molecule has 0 radical (unpaired) electrons. The number of nitrogens with zero attached hydrogens (tertiary/aromatic N) is 1. The van der Waals surface area contributed by atoms with Gasteiger partial charge in [-0.3, -0.25) is 14.5 Å². The Morgan fingerprint density at radius 1 is 1.31 bits per heavy atom. The minimum absolute atomic E-state index is 0.0105. The summed E-state index contributed by atoms with van der Waals surface area (Å²) in [4.78, 5) is 24.5. The summed E-state index contributed by atoms with van der Waals surface area (Å²) >= 11 is 0. The molecular formula is C10H14BNO4. The monoisotopic (exact) mass is 223 g/mol. The third-order valence-corrected chi connectivity index (χ3v) is 2.69. The Kier molecular flexibility index (Phi) is 3.29. The Labute approximate surface area is 94.5 Å². The average molecular weight is 223 g/mol. The van der Waals surface area contributed by atoms with Crippen LogP contribution >= 0.6 is 0 Å². The third-order valence-electron chi connectivity index (χ3n) is 2.69. The van der Waals surface area contributed by atoms with Crippen LogP contribution in [-0.2, 0) is 18.9 Å². The molecule has 0 aromatic heterocycles. The highest BCUT2D eigenvalue weighted by Crippen LogP contribution is 2.27. The molecule has 5 nitrogen and oxygen atoms in total. The molecule has 1 aliphatic carbocycles. The largest absolute Gasteiger partial charge is 0.605 e. The Bertz CT molecular complexity index is 311. The molecule has 2 rings (SSSR count). The van der Waals surface area contributed by atoms with Gasteiger partial charge in [0.1, 0.15) is 0 Å². The summed E-state index contributed by atoms with van der Waals surface area (Å²) in [5.41, 5.74) is 0. The zero-order chi connectivity index (χ0) is 11.5. The van der Waals surface area contributed by atoms with E-state index in [9.17, 15) is 9.59 Å². The molecule has 6 heteroatoms. The number of hydrogen-bond donors (Lipinski definition) is 0. The van der Waals surface area contributed by atoms with Crippen LogP contribution in [0.5, 0.6) is 0 Å². The molecule has 16 heavy (non-hydrogen) atoms. The van der Waals surface area contributed by atoms with E-state index in [2.05, 4.69) is 0 Å². The van der Waals surface area contributed by atoms with Crippen LogP contribution in [-0.4, -0.2) is 44.1 Å². The van der Waals surface area contributed by atoms with E-state index in [1.165, 1.54) is 0 Å². The van der Waals surface area contributed by atoms with Gasteiger partial charge in [-0.15, -0.1) is 0 Å². The molecule has 1 saturated heterocycles. The van der Waals surface area contributed by atoms with E-state index in [4.69, 9.17) is 9.31 Å². The number of rotatable bonds is 1. The Hall–Kier alpha value is -1.30. The zero-order valence-electron chi connectivity index (χ0n) is 9.22. The van der Waals surface area contributed by atoms with Gasteiger partial charge >= 0.3 is 19.1 Å². The van der Waals surface area contributed by atoms with Crippen molar-refractivity contribution in [2.24, 2.45) is 0 Å². The molecule has 1 atom stereocenters. The van der Waals surface area contributed by atoms with Crippen molar-refractivity contribution in [2.75, 3.05) is 20.1 Å². The summed E-state index contributed by atoms with van der Waals surface area (Å²) < 4.78 is 10.3. The second kappa shape index (κ2) is 4.70. The van der Waals surface area contributed by atoms with Crippen molar-refractivity contribution < 1.29 is 18.9 Å². The standard InChI is InChI=1S/C10H14BNO4/c1-12-6-9(13)15-11(16-10(14)7-12)8-4-2-3-5-8/h2,4,8H,3,5-7H2,1H3. The van der Waals surface area contributed by atoms with Crippen LogP contribution in [0.4, 0.5) is 0 Å². The van der Waals surface area contributed by atoms with Gasteiger partial charge in [-0.05, 0) is 19.9 Å². The molecule has 0 aromatic rings. The molecule has 86 valence electrons. The molecule has 2 aliphatic rings. The molecule has 0 aromatic carbocycles. The summed E-state index contributed by atoms with van der Waals surface area (Å²) in [7, 11) is 0.936. The first-order chi connectivity index (χ1) is 7.65. The SMILES string of the molecule is CN1CC(=O)OB(C2C=CCC2)OC(=O)C1. The summed E-state index contributed by atoms with van der Waals surface area (Å²) in [6, 6.07) is 0. The predicted molar refractivity (Wildman–Crippen MR) is 57.6 cm³/mol. The van der Waals surface area contributed by atoms with Crippen molar-refractivity contribution in [2.45, 2.75) is 18.7 Å². The van der Waals surface area contributed by atoms with Crippen LogP contribution in [0.15, 0.2) is 12.2 Å². The lowest BCUT2D eigenvalue weighted by Gasteiger charge is -2.24. The molecule has 1 heterocycles. The first-order valence-corrected chi connectivity index (χ1v) is 5.39. The van der Waals surface area contributed by atoms with Gasteiger partial charge in [0.05, 0.1) is 13.1 Å². The number of carbonyl (C=O) groups is 2. The van der Waals surface area contributed by atoms with Gasteiger partial charge in [-0.25, -0.2) is 0 Å². The van der Waals surface area contributed by atoms with Gasteiger partial charge < -0.3 is 9.31 Å². The van der Waals surface area contributed by atoms with Crippen LogP contribution in [0, 0.1) is 0 Å². The number of likely N-dealkylation sites (N-methyl/N-ethyl adjacent to an activating group) is 1. The first-order valence-electron chi connectivity index (χ1n) is 5.39. The summed E-state index contributed by atoms with van der Waals surface area (Å²) in [6.45, 7) is 0.254. The van der Waals surface area contributed by atoms with Crippen LogP contribution < -0.4 is 0 Å². The summed E-state index contributed by atoms with van der Waals surface area (Å²) in [5, 5.41) is 0. The van der Waals surface area contributed by atoms with E-state index in [1.54, 1.807) is 11.9 Å². The minimum atomic E-state index is -0.743. The number of allylic oxidation sites excluding steroid dienone is 2. The highest BCUT2D eigenvalue weighted by Gasteiger charge is 2.38. The highest BCUT2D eigenvalue weighted by molar-refractivity contribution is 6.51. The fourth-order valence-electron chi connectivity index (χ4n) is 1.91. The van der Waals surface area contributed by atoms with Gasteiger partial charge in [-0.1, -0.05) is 12.2 Å². The normalized spacial score (nSPS) is 27.3. The quantitative estimate of drug-likeness (QED) is 0.470. The van der Waals surface area contributed by atoms with Gasteiger partial charge in [-0.2, -0.15) is 0 Å². The number of hydrogen-bond acceptors (Lipinski definition) is 5. The van der Waals surface area contributed by atoms with Gasteiger partial charge in [0, 0.05) is 5.82 Å². The molecule has 1 aliphatic heterocycles. The molecular weight excluding hydrogens is 209 g/mol. The topological polar surface area (TPSA) is 55.8 Å². The minimum Gasteiger partial charge on any atom is -0.498 e. The van der Waals surface area contributed by atoms with Crippen LogP contribution in [0.25, 0.3) is 0 Å². The van der Waals surface area contributed by atoms with Crippen molar-refractivity contribution >= 4 is 19.1 Å². The van der Waals surface area contributed by atoms with Gasteiger partial charge in [0.2, 0.25) is 0 Å². The van der Waals surface area contributed by atoms with Crippen molar-refractivity contribution in [3.8, 4) is 0 Å². The maximum Gasteiger partial charge on any atom is 0.605 e. The van der Waals surface area contributed by atoms with E-state index in [0.717, 1.165) is 12.8 Å². The van der Waals surface area contributed by atoms with Crippen molar-refractivity contribution in [1.29, 1.82) is 0 Å². The smallest absolute Gasteiger partial charge is 0.498 e. The van der Waals surface area contributed by atoms with E-state index < -0.39 is 7.12 Å². The molecule has 0 N–H and O–H groups in total. The third kappa shape index (κ3) is 2.63. The lowest BCUT2D eigenvalue weighted by atomic mass is 9.71. The van der Waals surface area contributed by atoms with Crippen molar-refractivity contribution in [1.82, 2.24) is 4.90 Å². The first kappa shape index (κ1) is 11.2. The molecule has 0 amide bonds. The van der Waals surface area contributed by atoms with E-state index in [1.807, 2.05) is 12.2 Å².